The number of nitrogens with one attached hydrogen (secondary N) is 1. The number of benzene rings is 2. The fraction of sp³-hybridized carbons (Fsp3) is 0.200. The summed E-state index contributed by atoms with van der Waals surface area (Å²) in [6.45, 7) is 0.890. The highest BCUT2D eigenvalue weighted by Gasteiger charge is 2.01. The smallest absolute Gasteiger partial charge is 0.0595 e. The van der Waals surface area contributed by atoms with Gasteiger partial charge in [-0.15, -0.1) is 11.8 Å². The van der Waals surface area contributed by atoms with Gasteiger partial charge in [0, 0.05) is 17.2 Å². The third kappa shape index (κ3) is 4.43. The van der Waals surface area contributed by atoms with E-state index in [0.717, 1.165) is 12.3 Å². The standard InChI is InChI=1S/C15H15Cl2NS/c1-18-9-11-3-2-4-13(7-11)19-10-12-5-6-14(16)15(17)8-12/h2-8,18H,9-10H2,1H3. The molecule has 0 radical (unpaired) electrons. The molecule has 0 saturated heterocycles. The Morgan fingerprint density at radius 1 is 1.00 bits per heavy atom. The molecule has 0 aliphatic rings. The van der Waals surface area contributed by atoms with Crippen molar-refractivity contribution >= 4 is 35.0 Å². The van der Waals surface area contributed by atoms with Crippen molar-refractivity contribution in [3.8, 4) is 0 Å². The average Bonchev–Trinajstić information content (AvgIpc) is 2.41. The highest BCUT2D eigenvalue weighted by atomic mass is 35.5. The Bertz CT molecular complexity index is 558. The molecule has 1 nitrogen and oxygen atoms in total. The van der Waals surface area contributed by atoms with Gasteiger partial charge in [-0.3, -0.25) is 0 Å². The molecule has 0 atom stereocenters. The van der Waals surface area contributed by atoms with E-state index in [1.54, 1.807) is 11.8 Å². The molecule has 1 N–H and O–H groups in total. The van der Waals surface area contributed by atoms with Gasteiger partial charge < -0.3 is 5.32 Å². The van der Waals surface area contributed by atoms with Gasteiger partial charge in [0.25, 0.3) is 0 Å². The number of hydrogen-bond donors (Lipinski definition) is 1. The Morgan fingerprint density at radius 2 is 1.84 bits per heavy atom. The van der Waals surface area contributed by atoms with Crippen molar-refractivity contribution < 1.29 is 0 Å². The van der Waals surface area contributed by atoms with Crippen LogP contribution in [0.15, 0.2) is 47.4 Å². The lowest BCUT2D eigenvalue weighted by atomic mass is 10.2. The monoisotopic (exact) mass is 311 g/mol. The molecule has 0 bridgehead atoms. The van der Waals surface area contributed by atoms with Crippen LogP contribution in [-0.4, -0.2) is 7.05 Å². The minimum atomic E-state index is 0.603. The Hall–Kier alpha value is -0.670. The molecule has 4 heteroatoms. The van der Waals surface area contributed by atoms with Crippen LogP contribution < -0.4 is 5.32 Å². The van der Waals surface area contributed by atoms with E-state index < -0.39 is 0 Å². The number of hydrogen-bond acceptors (Lipinski definition) is 2. The van der Waals surface area contributed by atoms with Crippen molar-refractivity contribution in [2.45, 2.75) is 17.2 Å². The van der Waals surface area contributed by atoms with E-state index in [-0.39, 0.29) is 0 Å². The quantitative estimate of drug-likeness (QED) is 0.779. The molecule has 0 amide bonds. The summed E-state index contributed by atoms with van der Waals surface area (Å²) < 4.78 is 0. The second kappa shape index (κ2) is 7.20. The topological polar surface area (TPSA) is 12.0 Å². The summed E-state index contributed by atoms with van der Waals surface area (Å²) in [6.07, 6.45) is 0. The molecule has 0 saturated carbocycles. The predicted octanol–water partition coefficient (Wildman–Crippen LogP) is 5.01. The van der Waals surface area contributed by atoms with Gasteiger partial charge in [-0.25, -0.2) is 0 Å². The van der Waals surface area contributed by atoms with Gasteiger partial charge in [-0.1, -0.05) is 41.4 Å². The zero-order valence-electron chi connectivity index (χ0n) is 10.6. The number of halogens is 2. The molecule has 19 heavy (non-hydrogen) atoms. The van der Waals surface area contributed by atoms with Crippen molar-refractivity contribution in [3.63, 3.8) is 0 Å². The van der Waals surface area contributed by atoms with Crippen molar-refractivity contribution in [2.75, 3.05) is 7.05 Å². The summed E-state index contributed by atoms with van der Waals surface area (Å²) in [7, 11) is 1.95. The van der Waals surface area contributed by atoms with Crippen molar-refractivity contribution in [3.05, 3.63) is 63.6 Å². The first-order valence-corrected chi connectivity index (χ1v) is 7.73. The fourth-order valence-electron chi connectivity index (χ4n) is 1.75. The van der Waals surface area contributed by atoms with E-state index in [0.29, 0.717) is 10.0 Å². The number of thioether (sulfide) groups is 1. The van der Waals surface area contributed by atoms with Gasteiger partial charge in [-0.2, -0.15) is 0 Å². The molecule has 0 fully saturated rings. The molecule has 0 aromatic heterocycles. The molecule has 0 aliphatic carbocycles. The molecular formula is C15H15Cl2NS. The SMILES string of the molecule is CNCc1cccc(SCc2ccc(Cl)c(Cl)c2)c1. The lowest BCUT2D eigenvalue weighted by Gasteiger charge is -2.06. The maximum Gasteiger partial charge on any atom is 0.0595 e. The van der Waals surface area contributed by atoms with Gasteiger partial charge in [0.15, 0.2) is 0 Å². The van der Waals surface area contributed by atoms with Gasteiger partial charge in [0.05, 0.1) is 10.0 Å². The average molecular weight is 312 g/mol. The van der Waals surface area contributed by atoms with Gasteiger partial charge in [0.1, 0.15) is 0 Å². The molecule has 2 aromatic rings. The Balaban J connectivity index is 2.01. The third-order valence-electron chi connectivity index (χ3n) is 2.67. The van der Waals surface area contributed by atoms with Crippen LogP contribution in [0.1, 0.15) is 11.1 Å². The maximum absolute atomic E-state index is 6.01. The summed E-state index contributed by atoms with van der Waals surface area (Å²) >= 11 is 13.7. The fourth-order valence-corrected chi connectivity index (χ4v) is 2.99. The summed E-state index contributed by atoms with van der Waals surface area (Å²) in [6, 6.07) is 14.3. The van der Waals surface area contributed by atoms with E-state index >= 15 is 0 Å². The largest absolute Gasteiger partial charge is 0.316 e. The van der Waals surface area contributed by atoms with Crippen LogP contribution in [-0.2, 0) is 12.3 Å². The Morgan fingerprint density at radius 3 is 2.58 bits per heavy atom. The molecule has 0 heterocycles. The van der Waals surface area contributed by atoms with E-state index in [4.69, 9.17) is 23.2 Å². The highest BCUT2D eigenvalue weighted by Crippen LogP contribution is 2.28. The predicted molar refractivity (Wildman–Crippen MR) is 85.2 cm³/mol. The third-order valence-corrected chi connectivity index (χ3v) is 4.47. The minimum Gasteiger partial charge on any atom is -0.316 e. The van der Waals surface area contributed by atoms with Crippen LogP contribution in [0.2, 0.25) is 10.0 Å². The van der Waals surface area contributed by atoms with Crippen molar-refractivity contribution in [1.82, 2.24) is 5.32 Å². The van der Waals surface area contributed by atoms with Crippen molar-refractivity contribution in [2.24, 2.45) is 0 Å². The lowest BCUT2D eigenvalue weighted by molar-refractivity contribution is 0.815. The Kier molecular flexibility index (Phi) is 5.59. The summed E-state index contributed by atoms with van der Waals surface area (Å²) in [5.41, 5.74) is 2.47. The van der Waals surface area contributed by atoms with Gasteiger partial charge >= 0.3 is 0 Å². The molecule has 0 aliphatic heterocycles. The van der Waals surface area contributed by atoms with Crippen molar-refractivity contribution in [1.29, 1.82) is 0 Å². The van der Waals surface area contributed by atoms with E-state index in [1.807, 2.05) is 25.2 Å². The molecule has 0 unspecified atom stereocenters. The minimum absolute atomic E-state index is 0.603. The molecule has 2 aromatic carbocycles. The first kappa shape index (κ1) is 14.7. The molecule has 0 spiro atoms. The Labute approximate surface area is 128 Å². The zero-order chi connectivity index (χ0) is 13.7. The van der Waals surface area contributed by atoms with E-state index in [9.17, 15) is 0 Å². The highest BCUT2D eigenvalue weighted by molar-refractivity contribution is 7.98. The summed E-state index contributed by atoms with van der Waals surface area (Å²) in [5, 5.41) is 4.38. The lowest BCUT2D eigenvalue weighted by Crippen LogP contribution is -2.04. The van der Waals surface area contributed by atoms with Crippen LogP contribution in [0, 0.1) is 0 Å². The van der Waals surface area contributed by atoms with E-state index in [2.05, 4.69) is 29.6 Å². The molecule has 2 rings (SSSR count). The normalized spacial score (nSPS) is 10.7. The first-order valence-electron chi connectivity index (χ1n) is 5.99. The number of rotatable bonds is 5. The van der Waals surface area contributed by atoms with Gasteiger partial charge in [0.2, 0.25) is 0 Å². The van der Waals surface area contributed by atoms with Crippen LogP contribution in [0.5, 0.6) is 0 Å². The second-order valence-electron chi connectivity index (χ2n) is 4.21. The van der Waals surface area contributed by atoms with Crippen LogP contribution in [0.4, 0.5) is 0 Å². The summed E-state index contributed by atoms with van der Waals surface area (Å²) in [5.74, 6) is 0.889. The molecular weight excluding hydrogens is 297 g/mol. The van der Waals surface area contributed by atoms with E-state index in [1.165, 1.54) is 16.0 Å². The first-order chi connectivity index (χ1) is 9.19. The second-order valence-corrected chi connectivity index (χ2v) is 6.08. The van der Waals surface area contributed by atoms with Crippen LogP contribution in [0.3, 0.4) is 0 Å². The van der Waals surface area contributed by atoms with Gasteiger partial charge in [-0.05, 0) is 42.4 Å². The van der Waals surface area contributed by atoms with Crippen LogP contribution >= 0.6 is 35.0 Å². The maximum atomic E-state index is 6.01. The molecule has 100 valence electrons. The zero-order valence-corrected chi connectivity index (χ0v) is 12.9. The van der Waals surface area contributed by atoms with Crippen LogP contribution in [0.25, 0.3) is 0 Å². The summed E-state index contributed by atoms with van der Waals surface area (Å²) in [4.78, 5) is 1.26.